The maximum absolute atomic E-state index is 12.9. The first-order valence-corrected chi connectivity index (χ1v) is 4.45. The van der Waals surface area contributed by atoms with Crippen LogP contribution in [-0.2, 0) is 4.79 Å². The fraction of sp³-hybridized carbons (Fsp3) is 0.300. The largest absolute Gasteiger partial charge is 0.473 e. The average Bonchev–Trinajstić information content (AvgIpc) is 2.16. The van der Waals surface area contributed by atoms with E-state index in [4.69, 9.17) is 4.74 Å². The number of rotatable bonds is 4. The van der Waals surface area contributed by atoms with Crippen molar-refractivity contribution in [3.8, 4) is 5.75 Å². The Bertz CT molecular complexity index is 431. The van der Waals surface area contributed by atoms with Gasteiger partial charge in [-0.1, -0.05) is 0 Å². The summed E-state index contributed by atoms with van der Waals surface area (Å²) in [6.07, 6.45) is 0.488. The molecule has 0 saturated carbocycles. The molecule has 0 unspecified atom stereocenters. The fourth-order valence-electron chi connectivity index (χ4n) is 1.03. The van der Waals surface area contributed by atoms with Crippen LogP contribution in [0, 0.1) is 15.9 Å². The molecule has 6 heteroatoms. The lowest BCUT2D eigenvalue weighted by Gasteiger charge is -2.19. The number of aldehydes is 1. The van der Waals surface area contributed by atoms with Crippen LogP contribution in [0.5, 0.6) is 5.75 Å². The van der Waals surface area contributed by atoms with Gasteiger partial charge in [-0.3, -0.25) is 14.9 Å². The summed E-state index contributed by atoms with van der Waals surface area (Å²) in [5, 5.41) is 10.6. The number of nitro benzene ring substituents is 1. The van der Waals surface area contributed by atoms with Gasteiger partial charge in [-0.25, -0.2) is 4.39 Å². The van der Waals surface area contributed by atoms with Crippen LogP contribution in [0.25, 0.3) is 0 Å². The van der Waals surface area contributed by atoms with Crippen LogP contribution < -0.4 is 4.74 Å². The molecule has 0 aliphatic heterocycles. The van der Waals surface area contributed by atoms with E-state index >= 15 is 0 Å². The topological polar surface area (TPSA) is 69.4 Å². The van der Waals surface area contributed by atoms with Gasteiger partial charge in [-0.2, -0.15) is 0 Å². The SMILES string of the molecule is CC(C)(C=O)Oc1cc(F)ccc1[N+](=O)[O-]. The highest BCUT2D eigenvalue weighted by Crippen LogP contribution is 2.30. The van der Waals surface area contributed by atoms with E-state index in [9.17, 15) is 19.3 Å². The maximum atomic E-state index is 12.9. The van der Waals surface area contributed by atoms with Crippen molar-refractivity contribution in [2.75, 3.05) is 0 Å². The van der Waals surface area contributed by atoms with Crippen molar-refractivity contribution in [2.24, 2.45) is 0 Å². The number of hydrogen-bond donors (Lipinski definition) is 0. The van der Waals surface area contributed by atoms with Gasteiger partial charge in [0.15, 0.2) is 11.9 Å². The highest BCUT2D eigenvalue weighted by molar-refractivity contribution is 5.62. The third-order valence-corrected chi connectivity index (χ3v) is 1.78. The molecule has 0 saturated heterocycles. The maximum Gasteiger partial charge on any atom is 0.311 e. The van der Waals surface area contributed by atoms with Crippen molar-refractivity contribution in [1.82, 2.24) is 0 Å². The molecule has 0 aliphatic carbocycles. The van der Waals surface area contributed by atoms with E-state index in [1.807, 2.05) is 0 Å². The van der Waals surface area contributed by atoms with Gasteiger partial charge in [0, 0.05) is 12.1 Å². The van der Waals surface area contributed by atoms with Crippen LogP contribution >= 0.6 is 0 Å². The standard InChI is InChI=1S/C10H10FNO4/c1-10(2,6-13)16-9-5-7(11)3-4-8(9)12(14)15/h3-6H,1-2H3. The number of carbonyl (C=O) groups excluding carboxylic acids is 1. The number of benzene rings is 1. The summed E-state index contributed by atoms with van der Waals surface area (Å²) in [5.41, 5.74) is -1.62. The minimum atomic E-state index is -1.24. The second kappa shape index (κ2) is 4.26. The van der Waals surface area contributed by atoms with Crippen molar-refractivity contribution < 1.29 is 18.8 Å². The molecule has 0 fully saturated rings. The van der Waals surface area contributed by atoms with E-state index in [1.165, 1.54) is 13.8 Å². The zero-order valence-corrected chi connectivity index (χ0v) is 8.77. The summed E-state index contributed by atoms with van der Waals surface area (Å²) in [5.74, 6) is -0.926. The molecule has 0 amide bonds. The van der Waals surface area contributed by atoms with Crippen LogP contribution in [0.3, 0.4) is 0 Å². The Kier molecular flexibility index (Phi) is 3.22. The lowest BCUT2D eigenvalue weighted by molar-refractivity contribution is -0.386. The average molecular weight is 227 g/mol. The molecule has 16 heavy (non-hydrogen) atoms. The molecule has 0 atom stereocenters. The second-order valence-electron chi connectivity index (χ2n) is 3.69. The summed E-state index contributed by atoms with van der Waals surface area (Å²) in [6.45, 7) is 2.85. The normalized spacial score (nSPS) is 10.9. The molecule has 1 aromatic rings. The smallest absolute Gasteiger partial charge is 0.311 e. The number of nitro groups is 1. The van der Waals surface area contributed by atoms with Gasteiger partial charge < -0.3 is 4.74 Å². The van der Waals surface area contributed by atoms with Gasteiger partial charge in [0.2, 0.25) is 5.75 Å². The summed E-state index contributed by atoms with van der Waals surface area (Å²) < 4.78 is 18.0. The zero-order chi connectivity index (χ0) is 12.3. The zero-order valence-electron chi connectivity index (χ0n) is 8.77. The molecule has 0 bridgehead atoms. The van der Waals surface area contributed by atoms with Gasteiger partial charge in [-0.05, 0) is 19.9 Å². The predicted molar refractivity (Wildman–Crippen MR) is 53.8 cm³/mol. The highest BCUT2D eigenvalue weighted by Gasteiger charge is 2.24. The molecule has 5 nitrogen and oxygen atoms in total. The molecular weight excluding hydrogens is 217 g/mol. The number of hydrogen-bond acceptors (Lipinski definition) is 4. The Morgan fingerprint density at radius 1 is 1.50 bits per heavy atom. The van der Waals surface area contributed by atoms with Crippen molar-refractivity contribution in [1.29, 1.82) is 0 Å². The summed E-state index contributed by atoms with van der Waals surface area (Å²) in [7, 11) is 0. The number of carbonyl (C=O) groups is 1. The van der Waals surface area contributed by atoms with Gasteiger partial charge in [-0.15, -0.1) is 0 Å². The van der Waals surface area contributed by atoms with Crippen LogP contribution in [0.4, 0.5) is 10.1 Å². The first-order valence-electron chi connectivity index (χ1n) is 4.45. The minimum absolute atomic E-state index is 0.262. The lowest BCUT2D eigenvalue weighted by Crippen LogP contribution is -2.30. The lowest BCUT2D eigenvalue weighted by atomic mass is 10.1. The van der Waals surface area contributed by atoms with Crippen LogP contribution in [0.2, 0.25) is 0 Å². The molecule has 0 heterocycles. The Morgan fingerprint density at radius 3 is 2.62 bits per heavy atom. The first-order chi connectivity index (χ1) is 7.35. The molecule has 86 valence electrons. The van der Waals surface area contributed by atoms with E-state index in [0.29, 0.717) is 6.29 Å². The van der Waals surface area contributed by atoms with Crippen molar-refractivity contribution in [3.63, 3.8) is 0 Å². The Morgan fingerprint density at radius 2 is 2.12 bits per heavy atom. The molecule has 1 rings (SSSR count). The van der Waals surface area contributed by atoms with Gasteiger partial charge in [0.25, 0.3) is 0 Å². The van der Waals surface area contributed by atoms with Gasteiger partial charge in [0.05, 0.1) is 4.92 Å². The Labute approximate surface area is 91.0 Å². The van der Waals surface area contributed by atoms with Crippen molar-refractivity contribution in [3.05, 3.63) is 34.1 Å². The molecule has 0 spiro atoms. The van der Waals surface area contributed by atoms with Crippen LogP contribution in [-0.4, -0.2) is 16.8 Å². The van der Waals surface area contributed by atoms with E-state index in [2.05, 4.69) is 0 Å². The minimum Gasteiger partial charge on any atom is -0.473 e. The van der Waals surface area contributed by atoms with Crippen LogP contribution in [0.15, 0.2) is 18.2 Å². The number of nitrogens with zero attached hydrogens (tertiary/aromatic N) is 1. The predicted octanol–water partition coefficient (Wildman–Crippen LogP) is 2.09. The first kappa shape index (κ1) is 12.1. The third-order valence-electron chi connectivity index (χ3n) is 1.78. The Balaban J connectivity index is 3.15. The fourth-order valence-corrected chi connectivity index (χ4v) is 1.03. The number of ether oxygens (including phenoxy) is 1. The highest BCUT2D eigenvalue weighted by atomic mass is 19.1. The third kappa shape index (κ3) is 2.75. The van der Waals surface area contributed by atoms with Crippen LogP contribution in [0.1, 0.15) is 13.8 Å². The van der Waals surface area contributed by atoms with Gasteiger partial charge >= 0.3 is 5.69 Å². The van der Waals surface area contributed by atoms with Crippen molar-refractivity contribution in [2.45, 2.75) is 19.4 Å². The monoisotopic (exact) mass is 227 g/mol. The molecule has 0 aliphatic rings. The summed E-state index contributed by atoms with van der Waals surface area (Å²) in [6, 6.07) is 2.83. The van der Waals surface area contributed by atoms with E-state index < -0.39 is 16.3 Å². The molecule has 0 N–H and O–H groups in total. The second-order valence-corrected chi connectivity index (χ2v) is 3.69. The van der Waals surface area contributed by atoms with Gasteiger partial charge in [0.1, 0.15) is 5.82 Å². The molecule has 0 aromatic heterocycles. The quantitative estimate of drug-likeness (QED) is 0.448. The number of halogens is 1. The molecular formula is C10H10FNO4. The van der Waals surface area contributed by atoms with E-state index in [0.717, 1.165) is 18.2 Å². The van der Waals surface area contributed by atoms with Crippen molar-refractivity contribution >= 4 is 12.0 Å². The molecule has 0 radical (unpaired) electrons. The Hall–Kier alpha value is -1.98. The summed E-state index contributed by atoms with van der Waals surface area (Å²) >= 11 is 0. The summed E-state index contributed by atoms with van der Waals surface area (Å²) in [4.78, 5) is 20.5. The van der Waals surface area contributed by atoms with E-state index in [-0.39, 0.29) is 11.4 Å². The molecule has 1 aromatic carbocycles. The van der Waals surface area contributed by atoms with E-state index in [1.54, 1.807) is 0 Å².